The van der Waals surface area contributed by atoms with Gasteiger partial charge in [-0.2, -0.15) is 0 Å². The first-order valence-corrected chi connectivity index (χ1v) is 5.68. The number of hydrogen-bond acceptors (Lipinski definition) is 2. The molecular formula is C11H14ClFN3O2+. The van der Waals surface area contributed by atoms with Crippen LogP contribution in [0, 0.1) is 5.82 Å². The average Bonchev–Trinajstić information content (AvgIpc) is 2.33. The van der Waals surface area contributed by atoms with E-state index in [2.05, 4.69) is 10.6 Å². The fraction of sp³-hybridized carbons (Fsp3) is 0.273. The Labute approximate surface area is 109 Å². The SMILES string of the molecule is CNC(=O)C[NH2+]CC(=O)Nc1ccc(F)c(Cl)c1. The van der Waals surface area contributed by atoms with Gasteiger partial charge in [0.05, 0.1) is 5.02 Å². The Morgan fingerprint density at radius 2 is 2.00 bits per heavy atom. The van der Waals surface area contributed by atoms with E-state index >= 15 is 0 Å². The molecule has 1 aromatic carbocycles. The maximum Gasteiger partial charge on any atom is 0.279 e. The number of benzene rings is 1. The molecule has 0 aliphatic carbocycles. The third-order valence-electron chi connectivity index (χ3n) is 2.14. The lowest BCUT2D eigenvalue weighted by Gasteiger charge is -2.05. The quantitative estimate of drug-likeness (QED) is 0.691. The molecule has 7 heteroatoms. The van der Waals surface area contributed by atoms with Gasteiger partial charge in [-0.05, 0) is 18.2 Å². The maximum atomic E-state index is 12.9. The van der Waals surface area contributed by atoms with E-state index in [1.54, 1.807) is 5.32 Å². The van der Waals surface area contributed by atoms with Crippen LogP contribution in [0.5, 0.6) is 0 Å². The van der Waals surface area contributed by atoms with Crippen LogP contribution in [-0.4, -0.2) is 32.0 Å². The molecule has 98 valence electrons. The number of amides is 2. The maximum absolute atomic E-state index is 12.9. The summed E-state index contributed by atoms with van der Waals surface area (Å²) < 4.78 is 12.9. The molecule has 4 N–H and O–H groups in total. The van der Waals surface area contributed by atoms with Gasteiger partial charge in [0.2, 0.25) is 0 Å². The van der Waals surface area contributed by atoms with Gasteiger partial charge >= 0.3 is 0 Å². The highest BCUT2D eigenvalue weighted by molar-refractivity contribution is 6.31. The molecule has 0 saturated carbocycles. The number of likely N-dealkylation sites (N-methyl/N-ethyl adjacent to an activating group) is 1. The molecule has 0 saturated heterocycles. The molecule has 1 aromatic rings. The number of anilines is 1. The molecule has 0 atom stereocenters. The summed E-state index contributed by atoms with van der Waals surface area (Å²) in [5, 5.41) is 6.49. The third-order valence-corrected chi connectivity index (χ3v) is 2.43. The number of nitrogens with one attached hydrogen (secondary N) is 2. The van der Waals surface area contributed by atoms with Crippen molar-refractivity contribution in [2.45, 2.75) is 0 Å². The van der Waals surface area contributed by atoms with Crippen molar-refractivity contribution in [3.05, 3.63) is 29.0 Å². The number of hydrogen-bond donors (Lipinski definition) is 3. The van der Waals surface area contributed by atoms with E-state index in [1.165, 1.54) is 25.2 Å². The minimum Gasteiger partial charge on any atom is -0.354 e. The molecule has 0 spiro atoms. The summed E-state index contributed by atoms with van der Waals surface area (Å²) in [6, 6.07) is 3.91. The van der Waals surface area contributed by atoms with Crippen LogP contribution in [0.1, 0.15) is 0 Å². The Morgan fingerprint density at radius 1 is 1.33 bits per heavy atom. The molecule has 0 radical (unpaired) electrons. The van der Waals surface area contributed by atoms with Crippen LogP contribution in [0.15, 0.2) is 18.2 Å². The Kier molecular flexibility index (Phi) is 5.54. The van der Waals surface area contributed by atoms with Crippen molar-refractivity contribution in [2.24, 2.45) is 0 Å². The van der Waals surface area contributed by atoms with Gasteiger partial charge in [-0.15, -0.1) is 0 Å². The Balaban J connectivity index is 2.40. The Bertz CT molecular complexity index is 454. The Hall–Kier alpha value is -1.66. The van der Waals surface area contributed by atoms with Crippen molar-refractivity contribution in [1.82, 2.24) is 5.32 Å². The van der Waals surface area contributed by atoms with Gasteiger partial charge in [-0.25, -0.2) is 4.39 Å². The van der Waals surface area contributed by atoms with E-state index in [9.17, 15) is 14.0 Å². The van der Waals surface area contributed by atoms with E-state index in [-0.39, 0.29) is 29.9 Å². The molecule has 0 bridgehead atoms. The Morgan fingerprint density at radius 3 is 2.61 bits per heavy atom. The van der Waals surface area contributed by atoms with Crippen LogP contribution in [0.2, 0.25) is 5.02 Å². The molecule has 5 nitrogen and oxygen atoms in total. The van der Waals surface area contributed by atoms with Crippen LogP contribution in [0.4, 0.5) is 10.1 Å². The average molecular weight is 275 g/mol. The summed E-state index contributed by atoms with van der Waals surface area (Å²) in [4.78, 5) is 22.4. The second-order valence-electron chi connectivity index (χ2n) is 3.55. The largest absolute Gasteiger partial charge is 0.354 e. The van der Waals surface area contributed by atoms with Crippen LogP contribution < -0.4 is 16.0 Å². The fourth-order valence-corrected chi connectivity index (χ4v) is 1.40. The molecule has 0 fully saturated rings. The van der Waals surface area contributed by atoms with E-state index in [0.29, 0.717) is 5.69 Å². The van der Waals surface area contributed by atoms with Crippen molar-refractivity contribution in [1.29, 1.82) is 0 Å². The van der Waals surface area contributed by atoms with Crippen LogP contribution >= 0.6 is 11.6 Å². The molecule has 2 amide bonds. The predicted octanol–water partition coefficient (Wildman–Crippen LogP) is -0.273. The van der Waals surface area contributed by atoms with Crippen LogP contribution in [0.25, 0.3) is 0 Å². The normalized spacial score (nSPS) is 9.94. The minimum atomic E-state index is -0.541. The number of halogens is 2. The monoisotopic (exact) mass is 274 g/mol. The molecule has 0 unspecified atom stereocenters. The second-order valence-corrected chi connectivity index (χ2v) is 3.95. The summed E-state index contributed by atoms with van der Waals surface area (Å²) in [5.41, 5.74) is 0.416. The third kappa shape index (κ3) is 4.68. The molecule has 0 aliphatic heterocycles. The van der Waals surface area contributed by atoms with E-state index < -0.39 is 5.82 Å². The second kappa shape index (κ2) is 6.93. The van der Waals surface area contributed by atoms with Crippen molar-refractivity contribution < 1.29 is 19.3 Å². The lowest BCUT2D eigenvalue weighted by Crippen LogP contribution is -2.88. The molecule has 0 aliphatic rings. The predicted molar refractivity (Wildman–Crippen MR) is 65.8 cm³/mol. The number of rotatable bonds is 5. The highest BCUT2D eigenvalue weighted by Crippen LogP contribution is 2.18. The molecule has 1 rings (SSSR count). The van der Waals surface area contributed by atoms with Crippen molar-refractivity contribution >= 4 is 29.1 Å². The van der Waals surface area contributed by atoms with Crippen molar-refractivity contribution in [3.8, 4) is 0 Å². The summed E-state index contributed by atoms with van der Waals surface area (Å²) in [6.07, 6.45) is 0. The summed E-state index contributed by atoms with van der Waals surface area (Å²) in [5.74, 6) is -0.991. The van der Waals surface area contributed by atoms with Crippen molar-refractivity contribution in [3.63, 3.8) is 0 Å². The van der Waals surface area contributed by atoms with E-state index in [0.717, 1.165) is 0 Å². The van der Waals surface area contributed by atoms with Gasteiger partial charge in [0, 0.05) is 12.7 Å². The first kappa shape index (κ1) is 14.4. The fourth-order valence-electron chi connectivity index (χ4n) is 1.22. The molecule has 0 aromatic heterocycles. The number of carbonyl (C=O) groups excluding carboxylic acids is 2. The topological polar surface area (TPSA) is 74.8 Å². The van der Waals surface area contributed by atoms with Gasteiger partial charge in [-0.1, -0.05) is 11.6 Å². The molecule has 0 heterocycles. The highest BCUT2D eigenvalue weighted by atomic mass is 35.5. The zero-order chi connectivity index (χ0) is 13.5. The zero-order valence-corrected chi connectivity index (χ0v) is 10.6. The van der Waals surface area contributed by atoms with Gasteiger partial charge in [0.1, 0.15) is 5.82 Å². The van der Waals surface area contributed by atoms with Crippen LogP contribution in [0.3, 0.4) is 0 Å². The standard InChI is InChI=1S/C11H13ClFN3O2/c1-14-10(17)5-15-6-11(18)16-7-2-3-9(13)8(12)4-7/h2-4,15H,5-6H2,1H3,(H,14,17)(H,16,18)/p+1. The summed E-state index contributed by atoms with van der Waals surface area (Å²) >= 11 is 5.57. The minimum absolute atomic E-state index is 0.0536. The summed E-state index contributed by atoms with van der Waals surface area (Å²) in [7, 11) is 1.52. The number of carbonyl (C=O) groups is 2. The van der Waals surface area contributed by atoms with Gasteiger partial charge in [-0.3, -0.25) is 9.59 Å². The first-order valence-electron chi connectivity index (χ1n) is 5.30. The van der Waals surface area contributed by atoms with E-state index in [4.69, 9.17) is 11.6 Å². The number of nitrogens with two attached hydrogens (primary N) is 1. The van der Waals surface area contributed by atoms with Crippen LogP contribution in [-0.2, 0) is 9.59 Å². The van der Waals surface area contributed by atoms with Gasteiger partial charge in [0.25, 0.3) is 11.8 Å². The smallest absolute Gasteiger partial charge is 0.279 e. The zero-order valence-electron chi connectivity index (χ0n) is 9.80. The van der Waals surface area contributed by atoms with Gasteiger partial charge in [0.15, 0.2) is 13.1 Å². The lowest BCUT2D eigenvalue weighted by atomic mass is 10.3. The van der Waals surface area contributed by atoms with Gasteiger partial charge < -0.3 is 16.0 Å². The van der Waals surface area contributed by atoms with E-state index in [1.807, 2.05) is 0 Å². The molecular weight excluding hydrogens is 261 g/mol. The van der Waals surface area contributed by atoms with Crippen molar-refractivity contribution in [2.75, 3.05) is 25.5 Å². The first-order chi connectivity index (χ1) is 8.52. The number of quaternary nitrogens is 1. The lowest BCUT2D eigenvalue weighted by molar-refractivity contribution is -0.632. The summed E-state index contributed by atoms with van der Waals surface area (Å²) in [6.45, 7) is 0.274. The highest BCUT2D eigenvalue weighted by Gasteiger charge is 2.08. The molecule has 18 heavy (non-hydrogen) atoms.